The number of hydrogen-bond acceptors (Lipinski definition) is 7. The summed E-state index contributed by atoms with van der Waals surface area (Å²) in [6.45, 7) is 3.59. The number of aryl methyl sites for hydroxylation is 1. The maximum atomic E-state index is 12.2. The summed E-state index contributed by atoms with van der Waals surface area (Å²) in [5.41, 5.74) is 1.11. The Hall–Kier alpha value is -3.53. The molecule has 9 nitrogen and oxygen atoms in total. The quantitative estimate of drug-likeness (QED) is 0.516. The number of benzene rings is 1. The molecule has 0 radical (unpaired) electrons. The summed E-state index contributed by atoms with van der Waals surface area (Å²) in [5, 5.41) is 8.97. The van der Waals surface area contributed by atoms with Crippen molar-refractivity contribution in [2.45, 2.75) is 19.4 Å². The molecule has 3 amide bonds. The van der Waals surface area contributed by atoms with E-state index in [-0.39, 0.29) is 0 Å². The van der Waals surface area contributed by atoms with Crippen molar-refractivity contribution in [3.63, 3.8) is 0 Å². The van der Waals surface area contributed by atoms with Gasteiger partial charge in [-0.15, -0.1) is 0 Å². The molecule has 2 N–H and O–H groups in total. The Morgan fingerprint density at radius 3 is 2.82 bits per heavy atom. The molecule has 4 aromatic rings. The van der Waals surface area contributed by atoms with Gasteiger partial charge >= 0.3 is 6.03 Å². The van der Waals surface area contributed by atoms with Crippen molar-refractivity contribution in [2.24, 2.45) is 0 Å². The molecule has 1 unspecified atom stereocenters. The Labute approximate surface area is 162 Å². The van der Waals surface area contributed by atoms with Gasteiger partial charge in [-0.25, -0.2) is 9.78 Å². The third-order valence-corrected chi connectivity index (χ3v) is 5.64. The monoisotopic (exact) mass is 394 g/mol. The summed E-state index contributed by atoms with van der Waals surface area (Å²) in [5.74, 6) is 0.389. The van der Waals surface area contributed by atoms with Crippen molar-refractivity contribution in [3.05, 3.63) is 47.9 Å². The topological polar surface area (TPSA) is 114 Å². The fourth-order valence-corrected chi connectivity index (χ4v) is 4.10. The van der Waals surface area contributed by atoms with Crippen molar-refractivity contribution < 1.29 is 14.1 Å². The lowest BCUT2D eigenvalue weighted by Crippen LogP contribution is -2.40. The van der Waals surface area contributed by atoms with Crippen molar-refractivity contribution in [3.8, 4) is 22.2 Å². The van der Waals surface area contributed by atoms with Crippen molar-refractivity contribution in [2.75, 3.05) is 0 Å². The minimum absolute atomic E-state index is 0.395. The molecule has 5 rings (SSSR count). The molecule has 3 aromatic heterocycles. The van der Waals surface area contributed by atoms with Gasteiger partial charge in [0.05, 0.1) is 5.69 Å². The molecular formula is C18H14N6O3S. The number of aromatic nitrogens is 4. The number of carbonyl (C=O) groups is 2. The molecule has 1 aliphatic rings. The molecule has 1 aliphatic heterocycles. The predicted octanol–water partition coefficient (Wildman–Crippen LogP) is 2.48. The van der Waals surface area contributed by atoms with E-state index in [2.05, 4.69) is 25.8 Å². The average Bonchev–Trinajstić information content (AvgIpc) is 3.39. The number of thiazole rings is 1. The zero-order valence-electron chi connectivity index (χ0n) is 14.9. The summed E-state index contributed by atoms with van der Waals surface area (Å²) >= 11 is 1.46. The summed E-state index contributed by atoms with van der Waals surface area (Å²) in [6, 6.07) is 6.63. The Balaban J connectivity index is 1.50. The fraction of sp³-hybridized carbons (Fsp3) is 0.167. The first-order valence-corrected chi connectivity index (χ1v) is 9.28. The van der Waals surface area contributed by atoms with Crippen LogP contribution in [-0.2, 0) is 10.3 Å². The number of imide groups is 1. The standard InChI is InChI=1S/C18H14N6O3S/c1-9-7-24-8-12(28-17(24)19-9)14-20-13(23-27-14)10-4-3-5-11(6-10)18(2)15(25)21-16(26)22-18/h3-8H,1-2H3,(H2,21,22,25,26). The second-order valence-electron chi connectivity index (χ2n) is 6.70. The Kier molecular flexibility index (Phi) is 3.40. The highest BCUT2D eigenvalue weighted by Crippen LogP contribution is 2.31. The van der Waals surface area contributed by atoms with Crippen LogP contribution in [-0.4, -0.2) is 31.5 Å². The minimum atomic E-state index is -1.14. The van der Waals surface area contributed by atoms with Gasteiger partial charge in [-0.3, -0.25) is 14.5 Å². The molecule has 28 heavy (non-hydrogen) atoms. The molecule has 4 heterocycles. The molecular weight excluding hydrogens is 380 g/mol. The number of carbonyl (C=O) groups excluding carboxylic acids is 2. The number of urea groups is 1. The molecule has 1 fully saturated rings. The van der Waals surface area contributed by atoms with Crippen LogP contribution in [0.25, 0.3) is 27.1 Å². The second kappa shape index (κ2) is 5.73. The zero-order chi connectivity index (χ0) is 19.5. The molecule has 1 atom stereocenters. The molecule has 0 aliphatic carbocycles. The fourth-order valence-electron chi connectivity index (χ4n) is 3.17. The highest BCUT2D eigenvalue weighted by atomic mass is 32.1. The van der Waals surface area contributed by atoms with E-state index in [0.717, 1.165) is 15.5 Å². The van der Waals surface area contributed by atoms with E-state index in [9.17, 15) is 9.59 Å². The molecule has 0 saturated carbocycles. The van der Waals surface area contributed by atoms with Crippen LogP contribution in [0, 0.1) is 6.92 Å². The van der Waals surface area contributed by atoms with Crippen LogP contribution in [0.15, 0.2) is 41.2 Å². The number of fused-ring (bicyclic) bond motifs is 1. The van der Waals surface area contributed by atoms with Crippen LogP contribution in [0.5, 0.6) is 0 Å². The van der Waals surface area contributed by atoms with Crippen LogP contribution in [0.3, 0.4) is 0 Å². The number of imidazole rings is 1. The first kappa shape index (κ1) is 16.6. The molecule has 1 aromatic carbocycles. The molecule has 0 spiro atoms. The van der Waals surface area contributed by atoms with E-state index in [1.807, 2.05) is 29.8 Å². The number of amides is 3. The third-order valence-electron chi connectivity index (χ3n) is 4.66. The van der Waals surface area contributed by atoms with Crippen LogP contribution in [0.1, 0.15) is 18.2 Å². The lowest BCUT2D eigenvalue weighted by Gasteiger charge is -2.21. The smallest absolute Gasteiger partial charge is 0.322 e. The largest absolute Gasteiger partial charge is 0.333 e. The van der Waals surface area contributed by atoms with Gasteiger partial charge in [0.15, 0.2) is 4.96 Å². The van der Waals surface area contributed by atoms with Crippen molar-refractivity contribution in [1.29, 1.82) is 0 Å². The van der Waals surface area contributed by atoms with Crippen molar-refractivity contribution in [1.82, 2.24) is 30.2 Å². The van der Waals surface area contributed by atoms with Gasteiger partial charge in [0.2, 0.25) is 5.82 Å². The number of nitrogens with one attached hydrogen (secondary N) is 2. The van der Waals surface area contributed by atoms with Gasteiger partial charge in [-0.2, -0.15) is 4.98 Å². The van der Waals surface area contributed by atoms with E-state index in [4.69, 9.17) is 4.52 Å². The predicted molar refractivity (Wildman–Crippen MR) is 101 cm³/mol. The van der Waals surface area contributed by atoms with E-state index in [0.29, 0.717) is 22.8 Å². The van der Waals surface area contributed by atoms with Gasteiger partial charge in [-0.1, -0.05) is 34.7 Å². The Morgan fingerprint density at radius 1 is 1.21 bits per heavy atom. The van der Waals surface area contributed by atoms with Crippen LogP contribution in [0.4, 0.5) is 4.79 Å². The van der Waals surface area contributed by atoms with Gasteiger partial charge in [0, 0.05) is 18.0 Å². The first-order valence-electron chi connectivity index (χ1n) is 8.46. The average molecular weight is 394 g/mol. The summed E-state index contributed by atoms with van der Waals surface area (Å²) in [6.07, 6.45) is 3.82. The number of rotatable bonds is 3. The lowest BCUT2D eigenvalue weighted by molar-refractivity contribution is -0.123. The second-order valence-corrected chi connectivity index (χ2v) is 7.71. The van der Waals surface area contributed by atoms with Gasteiger partial charge in [0.25, 0.3) is 11.8 Å². The highest BCUT2D eigenvalue weighted by Gasteiger charge is 2.43. The van der Waals surface area contributed by atoms with E-state index < -0.39 is 17.5 Å². The number of hydrogen-bond donors (Lipinski definition) is 2. The summed E-state index contributed by atoms with van der Waals surface area (Å²) in [7, 11) is 0. The van der Waals surface area contributed by atoms with E-state index in [1.54, 1.807) is 25.1 Å². The first-order chi connectivity index (χ1) is 13.4. The van der Waals surface area contributed by atoms with Crippen LogP contribution < -0.4 is 10.6 Å². The normalized spacial score (nSPS) is 19.2. The third kappa shape index (κ3) is 2.49. The molecule has 1 saturated heterocycles. The van der Waals surface area contributed by atoms with Crippen LogP contribution >= 0.6 is 11.3 Å². The lowest BCUT2D eigenvalue weighted by atomic mass is 9.91. The molecule has 10 heteroatoms. The van der Waals surface area contributed by atoms with Gasteiger partial charge in [0.1, 0.15) is 10.4 Å². The van der Waals surface area contributed by atoms with E-state index >= 15 is 0 Å². The van der Waals surface area contributed by atoms with Crippen LogP contribution in [0.2, 0.25) is 0 Å². The Bertz CT molecular complexity index is 1220. The zero-order valence-corrected chi connectivity index (χ0v) is 15.7. The van der Waals surface area contributed by atoms with E-state index in [1.165, 1.54) is 11.3 Å². The minimum Gasteiger partial charge on any atom is -0.333 e. The highest BCUT2D eigenvalue weighted by molar-refractivity contribution is 7.20. The van der Waals surface area contributed by atoms with Crippen molar-refractivity contribution >= 4 is 28.2 Å². The number of nitrogens with zero attached hydrogens (tertiary/aromatic N) is 4. The Morgan fingerprint density at radius 2 is 2.07 bits per heavy atom. The maximum Gasteiger partial charge on any atom is 0.322 e. The molecule has 0 bridgehead atoms. The van der Waals surface area contributed by atoms with Gasteiger partial charge in [-0.05, 0) is 25.5 Å². The SMILES string of the molecule is Cc1cn2cc(-c3nc(-c4cccc(C5(C)NC(=O)NC5=O)c4)no3)sc2n1. The molecule has 140 valence electrons. The van der Waals surface area contributed by atoms with Gasteiger partial charge < -0.3 is 9.84 Å². The summed E-state index contributed by atoms with van der Waals surface area (Å²) < 4.78 is 7.34. The maximum absolute atomic E-state index is 12.2. The summed E-state index contributed by atoms with van der Waals surface area (Å²) in [4.78, 5) is 34.3.